The largest absolute Gasteiger partial charge is 0.444 e. The Morgan fingerprint density at radius 2 is 1.78 bits per heavy atom. The van der Waals surface area contributed by atoms with Gasteiger partial charge in [0.25, 0.3) is 0 Å². The number of hydrogen-bond donors (Lipinski definition) is 0. The van der Waals surface area contributed by atoms with Crippen molar-refractivity contribution < 1.29 is 14.3 Å². The van der Waals surface area contributed by atoms with E-state index in [2.05, 4.69) is 40.7 Å². The predicted molar refractivity (Wildman–Crippen MR) is 126 cm³/mol. The van der Waals surface area contributed by atoms with Crippen LogP contribution in [0.1, 0.15) is 39.7 Å². The summed E-state index contributed by atoms with van der Waals surface area (Å²) < 4.78 is 7.51. The fraction of sp³-hybridized carbons (Fsp3) is 0.565. The lowest BCUT2D eigenvalue weighted by Crippen LogP contribution is -2.52. The van der Waals surface area contributed by atoms with Gasteiger partial charge >= 0.3 is 6.09 Å². The van der Waals surface area contributed by atoms with Crippen molar-refractivity contribution in [3.05, 3.63) is 29.8 Å². The van der Waals surface area contributed by atoms with Crippen LogP contribution in [0.2, 0.25) is 0 Å². The molecule has 0 unspecified atom stereocenters. The number of aromatic nitrogens is 3. The number of hydrogen-bond acceptors (Lipinski definition) is 6. The van der Waals surface area contributed by atoms with E-state index in [1.54, 1.807) is 9.80 Å². The molecule has 2 heterocycles. The summed E-state index contributed by atoms with van der Waals surface area (Å²) >= 11 is 1.42. The van der Waals surface area contributed by atoms with E-state index in [9.17, 15) is 9.59 Å². The van der Waals surface area contributed by atoms with Crippen molar-refractivity contribution >= 4 is 23.8 Å². The molecule has 0 spiro atoms. The number of rotatable bonds is 6. The summed E-state index contributed by atoms with van der Waals surface area (Å²) in [4.78, 5) is 28.5. The Morgan fingerprint density at radius 1 is 1.09 bits per heavy atom. The Kier molecular flexibility index (Phi) is 7.82. The maximum Gasteiger partial charge on any atom is 0.410 e. The van der Waals surface area contributed by atoms with Gasteiger partial charge in [0.05, 0.1) is 5.75 Å². The molecule has 1 fully saturated rings. The monoisotopic (exact) mass is 459 g/mol. The van der Waals surface area contributed by atoms with Gasteiger partial charge < -0.3 is 19.1 Å². The second kappa shape index (κ2) is 10.4. The van der Waals surface area contributed by atoms with Crippen molar-refractivity contribution in [3.8, 4) is 11.4 Å². The molecule has 1 aromatic heterocycles. The van der Waals surface area contributed by atoms with Gasteiger partial charge in [-0.25, -0.2) is 4.79 Å². The first-order valence-corrected chi connectivity index (χ1v) is 12.0. The molecule has 0 N–H and O–H groups in total. The Labute approximate surface area is 194 Å². The lowest BCUT2D eigenvalue weighted by molar-refractivity contribution is -0.130. The minimum atomic E-state index is -0.521. The summed E-state index contributed by atoms with van der Waals surface area (Å²) in [5.41, 5.74) is 1.68. The molecule has 0 saturated carbocycles. The summed E-state index contributed by atoms with van der Waals surface area (Å²) in [7, 11) is 0. The highest BCUT2D eigenvalue weighted by Crippen LogP contribution is 2.25. The Balaban J connectivity index is 1.58. The number of nitrogens with zero attached hydrogens (tertiary/aromatic N) is 5. The lowest BCUT2D eigenvalue weighted by Gasteiger charge is -2.35. The zero-order chi connectivity index (χ0) is 23.3. The molecule has 9 heteroatoms. The van der Waals surface area contributed by atoms with Crippen LogP contribution in [0.15, 0.2) is 29.4 Å². The van der Waals surface area contributed by atoms with Crippen LogP contribution in [0.4, 0.5) is 4.79 Å². The minimum Gasteiger partial charge on any atom is -0.444 e. The molecular formula is C23H33N5O3S. The second-order valence-corrected chi connectivity index (χ2v) is 9.91. The van der Waals surface area contributed by atoms with E-state index in [0.717, 1.165) is 29.5 Å². The van der Waals surface area contributed by atoms with E-state index in [-0.39, 0.29) is 12.0 Å². The van der Waals surface area contributed by atoms with Crippen LogP contribution in [0.5, 0.6) is 0 Å². The molecule has 1 aromatic carbocycles. The first kappa shape index (κ1) is 24.1. The number of carbonyl (C=O) groups excluding carboxylic acids is 2. The highest BCUT2D eigenvalue weighted by atomic mass is 32.2. The van der Waals surface area contributed by atoms with Gasteiger partial charge in [0.2, 0.25) is 5.91 Å². The Hall–Kier alpha value is -2.55. The third-order valence-corrected chi connectivity index (χ3v) is 6.00. The summed E-state index contributed by atoms with van der Waals surface area (Å²) in [5.74, 6) is 1.17. The van der Waals surface area contributed by atoms with Gasteiger partial charge in [-0.2, -0.15) is 0 Å². The Bertz CT molecular complexity index is 945. The van der Waals surface area contributed by atoms with Gasteiger partial charge in [-0.3, -0.25) is 4.79 Å². The number of carbonyl (C=O) groups is 2. The van der Waals surface area contributed by atoms with Gasteiger partial charge in [0.15, 0.2) is 11.0 Å². The summed E-state index contributed by atoms with van der Waals surface area (Å²) in [6.45, 7) is 12.5. The van der Waals surface area contributed by atoms with Crippen molar-refractivity contribution in [1.29, 1.82) is 0 Å². The highest BCUT2D eigenvalue weighted by molar-refractivity contribution is 7.99. The van der Waals surface area contributed by atoms with E-state index in [1.807, 2.05) is 32.9 Å². The molecule has 8 nitrogen and oxygen atoms in total. The number of thioether (sulfide) groups is 1. The van der Waals surface area contributed by atoms with E-state index in [1.165, 1.54) is 17.3 Å². The predicted octanol–water partition coefficient (Wildman–Crippen LogP) is 3.83. The van der Waals surface area contributed by atoms with E-state index >= 15 is 0 Å². The Morgan fingerprint density at radius 3 is 2.41 bits per heavy atom. The van der Waals surface area contributed by atoms with Gasteiger partial charge in [0.1, 0.15) is 5.60 Å². The van der Waals surface area contributed by atoms with Crippen molar-refractivity contribution in [2.75, 3.05) is 31.9 Å². The second-order valence-electron chi connectivity index (χ2n) is 8.96. The molecule has 0 radical (unpaired) electrons. The fourth-order valence-corrected chi connectivity index (χ4v) is 4.37. The molecule has 1 aliphatic rings. The number of amides is 2. The van der Waals surface area contributed by atoms with Crippen LogP contribution in [0.3, 0.4) is 0 Å². The van der Waals surface area contributed by atoms with Crippen molar-refractivity contribution in [3.63, 3.8) is 0 Å². The number of ether oxygens (including phenoxy) is 1. The third kappa shape index (κ3) is 6.25. The fourth-order valence-electron chi connectivity index (χ4n) is 3.50. The quantitative estimate of drug-likeness (QED) is 0.611. The molecule has 0 aliphatic carbocycles. The average molecular weight is 460 g/mol. The van der Waals surface area contributed by atoms with E-state index < -0.39 is 5.60 Å². The van der Waals surface area contributed by atoms with Crippen molar-refractivity contribution in [2.24, 2.45) is 0 Å². The standard InChI is InChI=1S/C23H33N5O3S/c1-6-10-28-20(18-9-7-8-17(2)15-18)24-25-21(28)32-16-19(29)26-11-13-27(14-12-26)22(30)31-23(3,4)5/h7-9,15H,6,10-14,16H2,1-5H3. The number of piperazine rings is 1. The van der Waals surface area contributed by atoms with Gasteiger partial charge in [-0.1, -0.05) is 42.4 Å². The van der Waals surface area contributed by atoms with Crippen LogP contribution in [0.25, 0.3) is 11.4 Å². The zero-order valence-electron chi connectivity index (χ0n) is 19.6. The molecule has 0 atom stereocenters. The smallest absolute Gasteiger partial charge is 0.410 e. The maximum atomic E-state index is 12.8. The maximum absolute atomic E-state index is 12.8. The van der Waals surface area contributed by atoms with Crippen LogP contribution in [-0.2, 0) is 16.1 Å². The summed E-state index contributed by atoms with van der Waals surface area (Å²) in [6, 6.07) is 8.21. The molecule has 3 rings (SSSR count). The highest BCUT2D eigenvalue weighted by Gasteiger charge is 2.28. The average Bonchev–Trinajstić information content (AvgIpc) is 3.14. The van der Waals surface area contributed by atoms with Gasteiger partial charge in [-0.05, 0) is 40.2 Å². The van der Waals surface area contributed by atoms with E-state index in [0.29, 0.717) is 31.9 Å². The van der Waals surface area contributed by atoms with E-state index in [4.69, 9.17) is 4.74 Å². The lowest BCUT2D eigenvalue weighted by atomic mass is 10.1. The molecule has 2 amide bonds. The van der Waals surface area contributed by atoms with Crippen LogP contribution < -0.4 is 0 Å². The first-order valence-electron chi connectivity index (χ1n) is 11.1. The first-order chi connectivity index (χ1) is 15.2. The topological polar surface area (TPSA) is 80.6 Å². The molecular weight excluding hydrogens is 426 g/mol. The van der Waals surface area contributed by atoms with Crippen molar-refractivity contribution in [2.45, 2.75) is 58.3 Å². The summed E-state index contributed by atoms with van der Waals surface area (Å²) in [5, 5.41) is 9.52. The molecule has 1 saturated heterocycles. The van der Waals surface area contributed by atoms with Crippen molar-refractivity contribution in [1.82, 2.24) is 24.6 Å². The van der Waals surface area contributed by atoms with Crippen LogP contribution in [-0.4, -0.2) is 74.1 Å². The zero-order valence-corrected chi connectivity index (χ0v) is 20.4. The number of benzene rings is 1. The normalized spacial score (nSPS) is 14.5. The van der Waals surface area contributed by atoms with Gasteiger partial charge in [-0.15, -0.1) is 10.2 Å². The molecule has 2 aromatic rings. The van der Waals surface area contributed by atoms with Gasteiger partial charge in [0, 0.05) is 38.3 Å². The molecule has 0 bridgehead atoms. The molecule has 1 aliphatic heterocycles. The number of aryl methyl sites for hydroxylation is 1. The minimum absolute atomic E-state index is 0.0435. The SMILES string of the molecule is CCCn1c(SCC(=O)N2CCN(C(=O)OC(C)(C)C)CC2)nnc1-c1cccc(C)c1. The molecule has 32 heavy (non-hydrogen) atoms. The molecule has 174 valence electrons. The van der Waals surface area contributed by atoms with Crippen LogP contribution >= 0.6 is 11.8 Å². The summed E-state index contributed by atoms with van der Waals surface area (Å²) in [6.07, 6.45) is 0.626. The third-order valence-electron chi connectivity index (χ3n) is 5.05. The van der Waals surface area contributed by atoms with Crippen LogP contribution in [0, 0.1) is 6.92 Å².